The topological polar surface area (TPSA) is 97.2 Å². The molecule has 0 unspecified atom stereocenters. The Morgan fingerprint density at radius 2 is 2.12 bits per heavy atom. The van der Waals surface area contributed by atoms with Crippen LogP contribution >= 0.6 is 0 Å². The maximum absolute atomic E-state index is 12.0. The summed E-state index contributed by atoms with van der Waals surface area (Å²) in [7, 11) is 0. The Morgan fingerprint density at radius 3 is 2.76 bits per heavy atom. The van der Waals surface area contributed by atoms with Gasteiger partial charge in [-0.25, -0.2) is 19.4 Å². The standard InChI is InChI=1S/C16H23N7O2/c1-12-8-22(9-13(2)25-12)6-5-18-16(24)21-14-3-4-15(19-7-14)23-11-17-10-20-23/h3-4,7,10-13H,5-6,8-9H2,1-2H3,(H2,18,21,24)/t12-,13-/m0/s1. The molecular weight excluding hydrogens is 322 g/mol. The number of hydrogen-bond donors (Lipinski definition) is 2. The lowest BCUT2D eigenvalue weighted by Gasteiger charge is -2.35. The van der Waals surface area contributed by atoms with Crippen LogP contribution in [0.1, 0.15) is 13.8 Å². The van der Waals surface area contributed by atoms with Gasteiger partial charge in [0.1, 0.15) is 12.7 Å². The molecule has 0 saturated carbocycles. The molecule has 2 N–H and O–H groups in total. The molecule has 9 heteroatoms. The van der Waals surface area contributed by atoms with Crippen LogP contribution in [0.3, 0.4) is 0 Å². The second-order valence-electron chi connectivity index (χ2n) is 6.14. The number of pyridine rings is 1. The van der Waals surface area contributed by atoms with Gasteiger partial charge in [0.25, 0.3) is 0 Å². The number of carbonyl (C=O) groups is 1. The van der Waals surface area contributed by atoms with E-state index in [-0.39, 0.29) is 18.2 Å². The predicted octanol–water partition coefficient (Wildman–Crippen LogP) is 0.893. The fraction of sp³-hybridized carbons (Fsp3) is 0.500. The summed E-state index contributed by atoms with van der Waals surface area (Å²) < 4.78 is 7.25. The van der Waals surface area contributed by atoms with Crippen LogP contribution in [0.25, 0.3) is 5.82 Å². The number of carbonyl (C=O) groups excluding carboxylic acids is 1. The Bertz CT molecular complexity index is 664. The third-order valence-corrected chi connectivity index (χ3v) is 3.87. The van der Waals surface area contributed by atoms with Crippen LogP contribution in [0.2, 0.25) is 0 Å². The number of rotatable bonds is 5. The molecule has 2 aromatic heterocycles. The lowest BCUT2D eigenvalue weighted by molar-refractivity contribution is -0.0672. The van der Waals surface area contributed by atoms with Gasteiger partial charge in [-0.15, -0.1) is 0 Å². The van der Waals surface area contributed by atoms with E-state index < -0.39 is 0 Å². The summed E-state index contributed by atoms with van der Waals surface area (Å²) in [5.41, 5.74) is 0.620. The second-order valence-corrected chi connectivity index (χ2v) is 6.14. The summed E-state index contributed by atoms with van der Waals surface area (Å²) in [5, 5.41) is 9.63. The molecule has 25 heavy (non-hydrogen) atoms. The SMILES string of the molecule is C[C@H]1CN(CCNC(=O)Nc2ccc(-n3cncn3)nc2)C[C@H](C)O1. The van der Waals surface area contributed by atoms with E-state index in [4.69, 9.17) is 4.74 Å². The molecule has 2 amide bonds. The smallest absolute Gasteiger partial charge is 0.319 e. The summed E-state index contributed by atoms with van der Waals surface area (Å²) in [6, 6.07) is 3.29. The van der Waals surface area contributed by atoms with Crippen molar-refractivity contribution in [1.82, 2.24) is 30.0 Å². The first-order valence-corrected chi connectivity index (χ1v) is 8.34. The fourth-order valence-electron chi connectivity index (χ4n) is 2.89. The fourth-order valence-corrected chi connectivity index (χ4v) is 2.89. The van der Waals surface area contributed by atoms with Crippen molar-refractivity contribution in [2.75, 3.05) is 31.5 Å². The summed E-state index contributed by atoms with van der Waals surface area (Å²) in [4.78, 5) is 22.4. The highest BCUT2D eigenvalue weighted by Gasteiger charge is 2.21. The molecule has 2 atom stereocenters. The molecule has 3 rings (SSSR count). The zero-order valence-electron chi connectivity index (χ0n) is 14.4. The Balaban J connectivity index is 1.42. The van der Waals surface area contributed by atoms with Crippen molar-refractivity contribution in [3.63, 3.8) is 0 Å². The van der Waals surface area contributed by atoms with Gasteiger partial charge in [-0.05, 0) is 26.0 Å². The van der Waals surface area contributed by atoms with E-state index in [0.29, 0.717) is 18.1 Å². The minimum absolute atomic E-state index is 0.229. The van der Waals surface area contributed by atoms with Crippen molar-refractivity contribution < 1.29 is 9.53 Å². The number of nitrogens with zero attached hydrogens (tertiary/aromatic N) is 5. The van der Waals surface area contributed by atoms with E-state index in [0.717, 1.165) is 19.6 Å². The van der Waals surface area contributed by atoms with Crippen molar-refractivity contribution in [3.05, 3.63) is 31.0 Å². The maximum atomic E-state index is 12.0. The van der Waals surface area contributed by atoms with Crippen LogP contribution in [0.4, 0.5) is 10.5 Å². The first kappa shape index (κ1) is 17.3. The van der Waals surface area contributed by atoms with Gasteiger partial charge in [-0.2, -0.15) is 5.10 Å². The second kappa shape index (κ2) is 8.04. The summed E-state index contributed by atoms with van der Waals surface area (Å²) in [6.45, 7) is 7.30. The Kier molecular flexibility index (Phi) is 5.56. The molecule has 1 fully saturated rings. The van der Waals surface area contributed by atoms with E-state index >= 15 is 0 Å². The van der Waals surface area contributed by atoms with Crippen LogP contribution in [0, 0.1) is 0 Å². The summed E-state index contributed by atoms with van der Waals surface area (Å²) in [5.74, 6) is 0.638. The van der Waals surface area contributed by atoms with Crippen molar-refractivity contribution in [3.8, 4) is 5.82 Å². The zero-order chi connectivity index (χ0) is 17.6. The quantitative estimate of drug-likeness (QED) is 0.835. The molecule has 1 saturated heterocycles. The van der Waals surface area contributed by atoms with Crippen molar-refractivity contribution in [2.24, 2.45) is 0 Å². The number of anilines is 1. The van der Waals surface area contributed by atoms with Crippen molar-refractivity contribution >= 4 is 11.7 Å². The molecule has 0 aromatic carbocycles. The Morgan fingerprint density at radius 1 is 1.32 bits per heavy atom. The van der Waals surface area contributed by atoms with Crippen LogP contribution in [-0.2, 0) is 4.74 Å². The molecule has 134 valence electrons. The summed E-state index contributed by atoms with van der Waals surface area (Å²) in [6.07, 6.45) is 5.05. The molecule has 9 nitrogen and oxygen atoms in total. The molecule has 0 aliphatic carbocycles. The van der Waals surface area contributed by atoms with E-state index in [1.807, 2.05) is 0 Å². The maximum Gasteiger partial charge on any atom is 0.319 e. The highest BCUT2D eigenvalue weighted by molar-refractivity contribution is 5.89. The number of aromatic nitrogens is 4. The van der Waals surface area contributed by atoms with Gasteiger partial charge in [-0.1, -0.05) is 0 Å². The molecule has 1 aliphatic rings. The Hall–Kier alpha value is -2.52. The van der Waals surface area contributed by atoms with Crippen LogP contribution in [0.15, 0.2) is 31.0 Å². The molecule has 2 aromatic rings. The molecule has 3 heterocycles. The van der Waals surface area contributed by atoms with Crippen molar-refractivity contribution in [2.45, 2.75) is 26.1 Å². The molecule has 0 radical (unpaired) electrons. The number of hydrogen-bond acceptors (Lipinski definition) is 6. The number of amides is 2. The first-order valence-electron chi connectivity index (χ1n) is 8.34. The van der Waals surface area contributed by atoms with E-state index in [1.54, 1.807) is 29.3 Å². The van der Waals surface area contributed by atoms with Gasteiger partial charge < -0.3 is 15.4 Å². The van der Waals surface area contributed by atoms with Gasteiger partial charge >= 0.3 is 6.03 Å². The van der Waals surface area contributed by atoms with E-state index in [1.165, 1.54) is 6.33 Å². The Labute approximate surface area is 146 Å². The molecule has 0 spiro atoms. The summed E-state index contributed by atoms with van der Waals surface area (Å²) >= 11 is 0. The van der Waals surface area contributed by atoms with Gasteiger partial charge in [0.05, 0.1) is 24.1 Å². The third kappa shape index (κ3) is 4.97. The zero-order valence-corrected chi connectivity index (χ0v) is 14.4. The monoisotopic (exact) mass is 345 g/mol. The molecule has 1 aliphatic heterocycles. The average Bonchev–Trinajstić information content (AvgIpc) is 3.09. The first-order chi connectivity index (χ1) is 12.1. The minimum Gasteiger partial charge on any atom is -0.373 e. The number of morpholine rings is 1. The number of urea groups is 1. The molecular formula is C16H23N7O2. The van der Waals surface area contributed by atoms with Crippen molar-refractivity contribution in [1.29, 1.82) is 0 Å². The highest BCUT2D eigenvalue weighted by atomic mass is 16.5. The minimum atomic E-state index is -0.246. The third-order valence-electron chi connectivity index (χ3n) is 3.87. The largest absolute Gasteiger partial charge is 0.373 e. The highest BCUT2D eigenvalue weighted by Crippen LogP contribution is 2.10. The average molecular weight is 345 g/mol. The lowest BCUT2D eigenvalue weighted by Crippen LogP contribution is -2.48. The normalized spacial score (nSPS) is 21.0. The van der Waals surface area contributed by atoms with E-state index in [9.17, 15) is 4.79 Å². The van der Waals surface area contributed by atoms with E-state index in [2.05, 4.69) is 44.4 Å². The molecule has 0 bridgehead atoms. The number of nitrogens with one attached hydrogen (secondary N) is 2. The van der Waals surface area contributed by atoms with Crippen LogP contribution in [-0.4, -0.2) is 69.1 Å². The lowest BCUT2D eigenvalue weighted by atomic mass is 10.2. The van der Waals surface area contributed by atoms with Gasteiger partial charge in [0.15, 0.2) is 5.82 Å². The predicted molar refractivity (Wildman–Crippen MR) is 92.6 cm³/mol. The van der Waals surface area contributed by atoms with Gasteiger partial charge in [0.2, 0.25) is 0 Å². The van der Waals surface area contributed by atoms with Crippen LogP contribution < -0.4 is 10.6 Å². The van der Waals surface area contributed by atoms with Gasteiger partial charge in [-0.3, -0.25) is 4.90 Å². The number of ether oxygens (including phenoxy) is 1. The van der Waals surface area contributed by atoms with Crippen LogP contribution in [0.5, 0.6) is 0 Å². The van der Waals surface area contributed by atoms with Gasteiger partial charge in [0, 0.05) is 26.2 Å².